The predicted octanol–water partition coefficient (Wildman–Crippen LogP) is 11.9. The second kappa shape index (κ2) is 18.1. The Hall–Kier alpha value is -6.02. The van der Waals surface area contributed by atoms with Gasteiger partial charge in [-0.25, -0.2) is 9.97 Å². The summed E-state index contributed by atoms with van der Waals surface area (Å²) in [6.45, 7) is 8.07. The van der Waals surface area contributed by atoms with Gasteiger partial charge >= 0.3 is 24.7 Å². The lowest BCUT2D eigenvalue weighted by molar-refractivity contribution is -0.376. The lowest BCUT2D eigenvalue weighted by atomic mass is 9.90. The van der Waals surface area contributed by atoms with Gasteiger partial charge in [-0.2, -0.15) is 52.7 Å². The summed E-state index contributed by atoms with van der Waals surface area (Å²) in [5.74, 6) is 2.24. The average molecular weight is 969 g/mol. The number of halogens is 12. The minimum atomic E-state index is -5.91. The third kappa shape index (κ3) is 9.28. The van der Waals surface area contributed by atoms with Gasteiger partial charge in [-0.05, 0) is 69.0 Å². The minimum absolute atomic E-state index is 0.157. The summed E-state index contributed by atoms with van der Waals surface area (Å²) < 4.78 is 171. The van der Waals surface area contributed by atoms with Gasteiger partial charge in [0.25, 0.3) is 11.2 Å². The van der Waals surface area contributed by atoms with Crippen LogP contribution < -0.4 is 9.80 Å². The Kier molecular flexibility index (Phi) is 13.3. The van der Waals surface area contributed by atoms with Crippen molar-refractivity contribution in [2.24, 2.45) is 0 Å². The number of anilines is 2. The Morgan fingerprint density at radius 2 is 0.956 bits per heavy atom. The van der Waals surface area contributed by atoms with Gasteiger partial charge in [-0.1, -0.05) is 72.8 Å². The molecule has 4 heterocycles. The van der Waals surface area contributed by atoms with Crippen molar-refractivity contribution >= 4 is 11.4 Å². The summed E-state index contributed by atoms with van der Waals surface area (Å²) in [6.07, 6.45) is -22.2. The molecule has 0 radical (unpaired) electrons. The number of fused-ring (bicyclic) bond motifs is 2. The number of hydrogen-bond acceptors (Lipinski definition) is 8. The van der Waals surface area contributed by atoms with Crippen LogP contribution in [0.15, 0.2) is 106 Å². The Morgan fingerprint density at radius 3 is 1.38 bits per heavy atom. The molecule has 0 fully saturated rings. The van der Waals surface area contributed by atoms with E-state index >= 15 is 0 Å². The summed E-state index contributed by atoms with van der Waals surface area (Å²) in [6, 6.07) is 23.9. The molecule has 0 spiro atoms. The van der Waals surface area contributed by atoms with Gasteiger partial charge in [-0.3, -0.25) is 0 Å². The lowest BCUT2D eigenvalue weighted by Crippen LogP contribution is -2.53. The summed E-state index contributed by atoms with van der Waals surface area (Å²) in [4.78, 5) is 12.8. The molecular weight excluding hydrogens is 925 g/mol. The van der Waals surface area contributed by atoms with E-state index in [0.29, 0.717) is 89.6 Å². The number of hydrogen-bond donors (Lipinski definition) is 2. The monoisotopic (exact) mass is 968 g/mol. The van der Waals surface area contributed by atoms with Crippen molar-refractivity contribution in [1.29, 1.82) is 0 Å². The van der Waals surface area contributed by atoms with Crippen LogP contribution in [0.5, 0.6) is 0 Å². The number of alkyl halides is 12. The molecule has 2 N–H and O–H groups in total. The van der Waals surface area contributed by atoms with E-state index in [0.717, 1.165) is 29.0 Å². The number of benzene rings is 4. The SMILES string of the molecule is Cc1nc(CCN2c3ccc(C(O)(C(F)(F)F)C(F)(F)F)cc3CC2C)c(-c2ccccc2)o1.Cc1oc(-c2ccccc2)nc1CCN1c2ccc(C(O)(C(F)(F)F)C(F)(F)F)cc2CC1C. The molecule has 0 saturated heterocycles. The maximum atomic E-state index is 13.3. The summed E-state index contributed by atoms with van der Waals surface area (Å²) >= 11 is 0. The highest BCUT2D eigenvalue weighted by atomic mass is 19.4. The zero-order valence-electron chi connectivity index (χ0n) is 36.7. The highest BCUT2D eigenvalue weighted by Gasteiger charge is 2.72. The van der Waals surface area contributed by atoms with Gasteiger partial charge in [0.05, 0.1) is 11.4 Å². The standard InChI is InChI=1S/2C24H22F6N2O2/c1-14-12-17-13-18(22(33,23(25,26)27)24(28,29)30)8-9-20(17)32(14)11-10-19-21(34-15(2)31-19)16-6-4-3-5-7-16;1-14-12-17-13-18(22(33,23(25,26)27)24(28,29)30)8-9-20(17)32(14)11-10-19-15(2)34-21(31-19)16-6-4-3-5-7-16/h2*3-9,13-14,33H,10-12H2,1-2H3. The minimum Gasteiger partial charge on any atom is -0.441 e. The molecule has 4 aromatic carbocycles. The van der Waals surface area contributed by atoms with Gasteiger partial charge < -0.3 is 28.8 Å². The van der Waals surface area contributed by atoms with Crippen LogP contribution in [-0.4, -0.2) is 70.1 Å². The lowest BCUT2D eigenvalue weighted by Gasteiger charge is -2.33. The van der Waals surface area contributed by atoms with Crippen molar-refractivity contribution in [3.05, 3.63) is 142 Å². The Labute approximate surface area is 381 Å². The second-order valence-electron chi connectivity index (χ2n) is 16.9. The first-order valence-corrected chi connectivity index (χ1v) is 21.2. The van der Waals surface area contributed by atoms with Crippen LogP contribution in [0, 0.1) is 13.8 Å². The molecule has 2 unspecified atom stereocenters. The Balaban J connectivity index is 0.000000201. The molecule has 68 heavy (non-hydrogen) atoms. The van der Waals surface area contributed by atoms with Crippen LogP contribution in [0.25, 0.3) is 22.8 Å². The number of nitrogens with zero attached hydrogens (tertiary/aromatic N) is 4. The fraction of sp³-hybridized carbons (Fsp3) is 0.375. The molecule has 2 aliphatic rings. The molecule has 0 bridgehead atoms. The van der Waals surface area contributed by atoms with E-state index in [4.69, 9.17) is 8.83 Å². The number of aryl methyl sites for hydroxylation is 2. The zero-order chi connectivity index (χ0) is 49.8. The van der Waals surface area contributed by atoms with Crippen molar-refractivity contribution in [2.75, 3.05) is 22.9 Å². The molecule has 2 atom stereocenters. The van der Waals surface area contributed by atoms with Crippen LogP contribution in [0.4, 0.5) is 64.1 Å². The molecule has 8 rings (SSSR count). The van der Waals surface area contributed by atoms with Crippen molar-refractivity contribution < 1.29 is 71.7 Å². The van der Waals surface area contributed by atoms with Crippen molar-refractivity contribution in [3.8, 4) is 22.8 Å². The summed E-state index contributed by atoms with van der Waals surface area (Å²) in [5, 5.41) is 19.4. The first-order valence-electron chi connectivity index (χ1n) is 21.2. The first-order chi connectivity index (χ1) is 31.7. The second-order valence-corrected chi connectivity index (χ2v) is 16.9. The molecule has 0 amide bonds. The molecule has 8 nitrogen and oxygen atoms in total. The maximum Gasteiger partial charge on any atom is 0.430 e. The van der Waals surface area contributed by atoms with Gasteiger partial charge in [0.15, 0.2) is 11.7 Å². The average Bonchev–Trinajstić information content (AvgIpc) is 4.01. The number of oxazole rings is 2. The fourth-order valence-electron chi connectivity index (χ4n) is 8.77. The molecule has 20 heteroatoms. The van der Waals surface area contributed by atoms with E-state index in [-0.39, 0.29) is 24.9 Å². The van der Waals surface area contributed by atoms with Gasteiger partial charge in [-0.15, -0.1) is 0 Å². The molecule has 6 aromatic rings. The van der Waals surface area contributed by atoms with Crippen molar-refractivity contribution in [3.63, 3.8) is 0 Å². The van der Waals surface area contributed by atoms with Crippen LogP contribution in [-0.2, 0) is 36.9 Å². The number of aromatic nitrogens is 2. The summed E-state index contributed by atoms with van der Waals surface area (Å²) in [5.41, 5.74) is -7.52. The topological polar surface area (TPSA) is 99.0 Å². The number of rotatable bonds is 10. The van der Waals surface area contributed by atoms with E-state index in [2.05, 4.69) is 9.97 Å². The van der Waals surface area contributed by atoms with E-state index < -0.39 is 47.0 Å². The van der Waals surface area contributed by atoms with Crippen molar-refractivity contribution in [1.82, 2.24) is 9.97 Å². The maximum absolute atomic E-state index is 13.3. The zero-order valence-corrected chi connectivity index (χ0v) is 36.7. The Bertz CT molecular complexity index is 2680. The predicted molar refractivity (Wildman–Crippen MR) is 227 cm³/mol. The van der Waals surface area contributed by atoms with Crippen LogP contribution >= 0.6 is 0 Å². The van der Waals surface area contributed by atoms with E-state index in [1.807, 2.05) is 84.3 Å². The van der Waals surface area contributed by atoms with E-state index in [9.17, 15) is 62.9 Å². The highest BCUT2D eigenvalue weighted by Crippen LogP contribution is 2.53. The number of aliphatic hydroxyl groups is 2. The molecule has 0 aliphatic carbocycles. The van der Waals surface area contributed by atoms with Crippen molar-refractivity contribution in [2.45, 2.75) is 101 Å². The third-order valence-corrected chi connectivity index (χ3v) is 12.3. The highest BCUT2D eigenvalue weighted by molar-refractivity contribution is 5.64. The third-order valence-electron chi connectivity index (χ3n) is 12.3. The smallest absolute Gasteiger partial charge is 0.430 e. The molecule has 2 aliphatic heterocycles. The largest absolute Gasteiger partial charge is 0.441 e. The van der Waals surface area contributed by atoms with Gasteiger partial charge in [0.2, 0.25) is 5.89 Å². The van der Waals surface area contributed by atoms with Crippen LogP contribution in [0.2, 0.25) is 0 Å². The Morgan fingerprint density at radius 1 is 0.544 bits per heavy atom. The summed E-state index contributed by atoms with van der Waals surface area (Å²) in [7, 11) is 0. The molecule has 2 aromatic heterocycles. The van der Waals surface area contributed by atoms with E-state index in [1.165, 1.54) is 12.1 Å². The normalized spacial score (nSPS) is 16.7. The van der Waals surface area contributed by atoms with E-state index in [1.54, 1.807) is 13.8 Å². The van der Waals surface area contributed by atoms with Crippen LogP contribution in [0.1, 0.15) is 59.1 Å². The van der Waals surface area contributed by atoms with Gasteiger partial charge in [0, 0.05) is 78.6 Å². The van der Waals surface area contributed by atoms with Crippen LogP contribution in [0.3, 0.4) is 0 Å². The fourth-order valence-corrected chi connectivity index (χ4v) is 8.77. The van der Waals surface area contributed by atoms with Gasteiger partial charge in [0.1, 0.15) is 5.76 Å². The molecule has 364 valence electrons. The molecule has 0 saturated carbocycles. The quantitative estimate of drug-likeness (QED) is 0.131. The molecular formula is C48H44F12N4O4. The first kappa shape index (κ1) is 49.9.